The van der Waals surface area contributed by atoms with Crippen LogP contribution < -0.4 is 10.4 Å². The van der Waals surface area contributed by atoms with E-state index in [1.807, 2.05) is 39.0 Å². The lowest BCUT2D eigenvalue weighted by molar-refractivity contribution is 1.50. The summed E-state index contributed by atoms with van der Waals surface area (Å²) in [4.78, 5) is 0.920. The zero-order valence-electron chi connectivity index (χ0n) is 9.12. The summed E-state index contributed by atoms with van der Waals surface area (Å²) in [6.07, 6.45) is 3.82. The van der Waals surface area contributed by atoms with Crippen LogP contribution >= 0.6 is 12.6 Å². The second kappa shape index (κ2) is 7.45. The quantitative estimate of drug-likeness (QED) is 0.671. The molecule has 1 rings (SSSR count). The summed E-state index contributed by atoms with van der Waals surface area (Å²) in [5.41, 5.74) is 0. The van der Waals surface area contributed by atoms with Gasteiger partial charge in [0.15, 0.2) is 0 Å². The fourth-order valence-corrected chi connectivity index (χ4v) is 1.30. The van der Waals surface area contributed by atoms with E-state index in [0.717, 1.165) is 10.1 Å². The molecule has 0 N–H and O–H groups in total. The molecule has 0 spiro atoms. The van der Waals surface area contributed by atoms with E-state index in [1.165, 1.54) is 5.22 Å². The second-order valence-corrected chi connectivity index (χ2v) is 2.95. The van der Waals surface area contributed by atoms with Crippen LogP contribution in [0.1, 0.15) is 20.8 Å². The van der Waals surface area contributed by atoms with Gasteiger partial charge < -0.3 is 0 Å². The van der Waals surface area contributed by atoms with Crippen LogP contribution in [-0.2, 0) is 0 Å². The number of hydrogen-bond acceptors (Lipinski definition) is 1. The van der Waals surface area contributed by atoms with Crippen LogP contribution in [0.2, 0.25) is 0 Å². The SMILES string of the molecule is C=C/C(S)=c1/cccc/c1=C/C.CC. The molecule has 0 unspecified atom stereocenters. The minimum Gasteiger partial charge on any atom is -0.143 e. The zero-order chi connectivity index (χ0) is 11.0. The van der Waals surface area contributed by atoms with Crippen molar-refractivity contribution in [2.24, 2.45) is 0 Å². The van der Waals surface area contributed by atoms with Gasteiger partial charge in [-0.1, -0.05) is 56.8 Å². The van der Waals surface area contributed by atoms with E-state index in [-0.39, 0.29) is 0 Å². The van der Waals surface area contributed by atoms with E-state index >= 15 is 0 Å². The van der Waals surface area contributed by atoms with E-state index in [0.29, 0.717) is 0 Å². The highest BCUT2D eigenvalue weighted by atomic mass is 32.1. The van der Waals surface area contributed by atoms with E-state index in [9.17, 15) is 0 Å². The molecular formula is C13H18S. The molecule has 1 aromatic rings. The van der Waals surface area contributed by atoms with Crippen LogP contribution in [0.4, 0.5) is 0 Å². The molecule has 0 aliphatic heterocycles. The third kappa shape index (κ3) is 3.43. The predicted octanol–water partition coefficient (Wildman–Crippen LogP) is 2.74. The largest absolute Gasteiger partial charge is 0.143 e. The van der Waals surface area contributed by atoms with Gasteiger partial charge >= 0.3 is 0 Å². The third-order valence-electron chi connectivity index (χ3n) is 1.74. The van der Waals surface area contributed by atoms with Crippen LogP contribution in [-0.4, -0.2) is 0 Å². The summed E-state index contributed by atoms with van der Waals surface area (Å²) >= 11 is 4.32. The Morgan fingerprint density at radius 1 is 1.29 bits per heavy atom. The summed E-state index contributed by atoms with van der Waals surface area (Å²) < 4.78 is 0. The van der Waals surface area contributed by atoms with Crippen molar-refractivity contribution < 1.29 is 0 Å². The topological polar surface area (TPSA) is 0 Å². The molecule has 1 heteroatoms. The number of hydrogen-bond donors (Lipinski definition) is 1. The van der Waals surface area contributed by atoms with Crippen molar-refractivity contribution in [1.29, 1.82) is 0 Å². The van der Waals surface area contributed by atoms with Crippen LogP contribution in [0, 0.1) is 0 Å². The minimum atomic E-state index is 0.920. The maximum Gasteiger partial charge on any atom is 0.0113 e. The lowest BCUT2D eigenvalue weighted by Crippen LogP contribution is -2.24. The Balaban J connectivity index is 0.000000791. The van der Waals surface area contributed by atoms with Gasteiger partial charge in [-0.05, 0) is 17.4 Å². The molecule has 76 valence electrons. The first-order valence-electron chi connectivity index (χ1n) is 4.86. The summed E-state index contributed by atoms with van der Waals surface area (Å²) in [6.45, 7) is 9.70. The highest BCUT2D eigenvalue weighted by Crippen LogP contribution is 1.96. The average molecular weight is 206 g/mol. The van der Waals surface area contributed by atoms with Gasteiger partial charge in [-0.2, -0.15) is 0 Å². The number of thiol groups is 1. The molecule has 0 fully saturated rings. The molecule has 0 atom stereocenters. The smallest absolute Gasteiger partial charge is 0.0113 e. The molecule has 0 heterocycles. The lowest BCUT2D eigenvalue weighted by Gasteiger charge is -1.92. The van der Waals surface area contributed by atoms with Gasteiger partial charge in [0.25, 0.3) is 0 Å². The molecule has 0 aromatic heterocycles. The van der Waals surface area contributed by atoms with E-state index in [1.54, 1.807) is 6.08 Å². The fraction of sp³-hybridized carbons (Fsp3) is 0.231. The molecule has 0 radical (unpaired) electrons. The van der Waals surface area contributed by atoms with Crippen LogP contribution in [0.5, 0.6) is 0 Å². The molecule has 0 saturated heterocycles. The first-order valence-corrected chi connectivity index (χ1v) is 5.31. The Morgan fingerprint density at radius 2 is 1.86 bits per heavy atom. The van der Waals surface area contributed by atoms with Crippen LogP contribution in [0.15, 0.2) is 36.9 Å². The monoisotopic (exact) mass is 206 g/mol. The second-order valence-electron chi connectivity index (χ2n) is 2.47. The summed E-state index contributed by atoms with van der Waals surface area (Å²) in [6, 6.07) is 8.12. The molecule has 14 heavy (non-hydrogen) atoms. The van der Waals surface area contributed by atoms with Gasteiger partial charge in [0.2, 0.25) is 0 Å². The molecule has 1 aromatic carbocycles. The molecule has 0 saturated carbocycles. The van der Waals surface area contributed by atoms with Crippen molar-refractivity contribution in [1.82, 2.24) is 0 Å². The first-order chi connectivity index (χ1) is 6.79. The van der Waals surface area contributed by atoms with E-state index in [2.05, 4.69) is 31.4 Å². The Bertz CT molecular complexity index is 388. The van der Waals surface area contributed by atoms with Crippen molar-refractivity contribution in [2.75, 3.05) is 0 Å². The van der Waals surface area contributed by atoms with Crippen molar-refractivity contribution in [2.45, 2.75) is 20.8 Å². The van der Waals surface area contributed by atoms with Crippen molar-refractivity contribution in [3.63, 3.8) is 0 Å². The Hall–Kier alpha value is -0.950. The standard InChI is InChI=1S/C11H12S.C2H6/c1-3-9-7-5-6-8-10(9)11(12)4-2;1-2/h3-8,12H,2H2,1H3;1-2H3/b9-3-,11-10+;. The van der Waals surface area contributed by atoms with Crippen LogP contribution in [0.25, 0.3) is 11.0 Å². The lowest BCUT2D eigenvalue weighted by atomic mass is 10.2. The Morgan fingerprint density at radius 3 is 2.36 bits per heavy atom. The molecular weight excluding hydrogens is 188 g/mol. The molecule has 0 aliphatic rings. The highest BCUT2D eigenvalue weighted by Gasteiger charge is 1.86. The summed E-state index contributed by atoms with van der Waals surface area (Å²) in [5, 5.41) is 2.33. The number of benzene rings is 1. The number of rotatable bonds is 1. The van der Waals surface area contributed by atoms with E-state index < -0.39 is 0 Å². The molecule has 0 aliphatic carbocycles. The summed E-state index contributed by atoms with van der Waals surface area (Å²) in [7, 11) is 0. The summed E-state index contributed by atoms with van der Waals surface area (Å²) in [5.74, 6) is 0. The van der Waals surface area contributed by atoms with Crippen molar-refractivity contribution in [3.8, 4) is 0 Å². The molecule has 0 nitrogen and oxygen atoms in total. The fourth-order valence-electron chi connectivity index (χ4n) is 1.09. The van der Waals surface area contributed by atoms with Crippen LogP contribution in [0.3, 0.4) is 0 Å². The molecule has 0 amide bonds. The normalized spacial score (nSPS) is 12.7. The van der Waals surface area contributed by atoms with E-state index in [4.69, 9.17) is 0 Å². The maximum atomic E-state index is 4.32. The van der Waals surface area contributed by atoms with Gasteiger partial charge in [0, 0.05) is 4.91 Å². The van der Waals surface area contributed by atoms with Gasteiger partial charge in [-0.25, -0.2) is 0 Å². The Labute approximate surface area is 92.1 Å². The first kappa shape index (κ1) is 13.1. The average Bonchev–Trinajstić information content (AvgIpc) is 2.30. The Kier molecular flexibility index (Phi) is 6.95. The highest BCUT2D eigenvalue weighted by molar-refractivity contribution is 7.90. The van der Waals surface area contributed by atoms with Crippen molar-refractivity contribution >= 4 is 23.6 Å². The zero-order valence-corrected chi connectivity index (χ0v) is 10.0. The van der Waals surface area contributed by atoms with Gasteiger partial charge in [-0.15, -0.1) is 12.6 Å². The van der Waals surface area contributed by atoms with Crippen molar-refractivity contribution in [3.05, 3.63) is 47.4 Å². The predicted molar refractivity (Wildman–Crippen MR) is 69.8 cm³/mol. The maximum absolute atomic E-state index is 4.32. The molecule has 0 bridgehead atoms. The van der Waals surface area contributed by atoms with Gasteiger partial charge in [-0.3, -0.25) is 0 Å². The van der Waals surface area contributed by atoms with Gasteiger partial charge in [0.05, 0.1) is 0 Å². The third-order valence-corrected chi connectivity index (χ3v) is 2.16. The minimum absolute atomic E-state index is 0.920. The van der Waals surface area contributed by atoms with Gasteiger partial charge in [0.1, 0.15) is 0 Å².